The Hall–Kier alpha value is -2.45. The smallest absolute Gasteiger partial charge is 0.273 e. The van der Waals surface area contributed by atoms with Gasteiger partial charge in [-0.15, -0.1) is 0 Å². The maximum Gasteiger partial charge on any atom is 0.273 e. The van der Waals surface area contributed by atoms with Crippen molar-refractivity contribution in [2.45, 2.75) is 43.4 Å². The largest absolute Gasteiger partial charge is 0.391 e. The van der Waals surface area contributed by atoms with Crippen molar-refractivity contribution in [2.75, 3.05) is 25.0 Å². The number of carbonyl (C=O) groups excluding carboxylic acids is 2. The van der Waals surface area contributed by atoms with Gasteiger partial charge in [0.2, 0.25) is 5.91 Å². The molecule has 2 saturated heterocycles. The molecule has 0 aromatic heterocycles. The molecule has 3 N–H and O–H groups in total. The molecule has 1 aromatic carbocycles. The lowest BCUT2D eigenvalue weighted by molar-refractivity contribution is -0.144. The second-order valence-corrected chi connectivity index (χ2v) is 7.46. The van der Waals surface area contributed by atoms with E-state index in [-0.39, 0.29) is 11.8 Å². The van der Waals surface area contributed by atoms with Crippen LogP contribution in [0.25, 0.3) is 0 Å². The summed E-state index contributed by atoms with van der Waals surface area (Å²) >= 11 is 0. The van der Waals surface area contributed by atoms with E-state index in [1.165, 1.54) is 0 Å². The highest BCUT2D eigenvalue weighted by molar-refractivity contribution is 6.43. The number of benzene rings is 1. The fourth-order valence-electron chi connectivity index (χ4n) is 4.01. The Morgan fingerprint density at radius 3 is 2.89 bits per heavy atom. The fourth-order valence-corrected chi connectivity index (χ4v) is 4.01. The number of piperidine rings is 1. The van der Waals surface area contributed by atoms with Gasteiger partial charge in [0.15, 0.2) is 5.60 Å². The van der Waals surface area contributed by atoms with Crippen LogP contribution in [0.4, 0.5) is 5.69 Å². The SMILES string of the molecule is O=C(Nc1ccccc1)C1=NOC2(CCCN(C(=O)[C@H]3NCC[C@@H]3O)C2)C1. The highest BCUT2D eigenvalue weighted by atomic mass is 16.7. The van der Waals surface area contributed by atoms with Crippen molar-refractivity contribution in [2.24, 2.45) is 5.16 Å². The first-order chi connectivity index (χ1) is 13.1. The van der Waals surface area contributed by atoms with Crippen LogP contribution in [-0.2, 0) is 14.4 Å². The first-order valence-electron chi connectivity index (χ1n) is 9.38. The van der Waals surface area contributed by atoms with Gasteiger partial charge in [-0.1, -0.05) is 23.4 Å². The molecule has 8 nitrogen and oxygen atoms in total. The minimum absolute atomic E-state index is 0.107. The Labute approximate surface area is 157 Å². The molecule has 3 aliphatic heterocycles. The average molecular weight is 372 g/mol. The number of hydrogen-bond donors (Lipinski definition) is 3. The second kappa shape index (κ2) is 7.28. The van der Waals surface area contributed by atoms with E-state index in [4.69, 9.17) is 4.84 Å². The van der Waals surface area contributed by atoms with E-state index in [1.807, 2.05) is 30.3 Å². The number of aliphatic hydroxyl groups excluding tert-OH is 1. The van der Waals surface area contributed by atoms with Gasteiger partial charge in [-0.05, 0) is 37.9 Å². The lowest BCUT2D eigenvalue weighted by atomic mass is 9.87. The van der Waals surface area contributed by atoms with Gasteiger partial charge >= 0.3 is 0 Å². The van der Waals surface area contributed by atoms with E-state index >= 15 is 0 Å². The second-order valence-electron chi connectivity index (χ2n) is 7.46. The Morgan fingerprint density at radius 1 is 1.33 bits per heavy atom. The minimum Gasteiger partial charge on any atom is -0.391 e. The van der Waals surface area contributed by atoms with E-state index in [1.54, 1.807) is 4.90 Å². The summed E-state index contributed by atoms with van der Waals surface area (Å²) in [6.07, 6.45) is 1.82. The first-order valence-corrected chi connectivity index (χ1v) is 9.38. The van der Waals surface area contributed by atoms with Gasteiger partial charge in [0, 0.05) is 18.7 Å². The number of rotatable bonds is 3. The van der Waals surface area contributed by atoms with Crippen molar-refractivity contribution in [3.8, 4) is 0 Å². The predicted molar refractivity (Wildman–Crippen MR) is 99.2 cm³/mol. The zero-order valence-corrected chi connectivity index (χ0v) is 15.1. The van der Waals surface area contributed by atoms with Crippen LogP contribution in [0.2, 0.25) is 0 Å². The van der Waals surface area contributed by atoms with Crippen molar-refractivity contribution < 1.29 is 19.5 Å². The average Bonchev–Trinajstić information content (AvgIpc) is 3.29. The minimum atomic E-state index is -0.652. The Balaban J connectivity index is 1.38. The van der Waals surface area contributed by atoms with Gasteiger partial charge in [-0.2, -0.15) is 0 Å². The molecule has 1 unspecified atom stereocenters. The van der Waals surface area contributed by atoms with Crippen LogP contribution in [0, 0.1) is 0 Å². The Kier molecular flexibility index (Phi) is 4.84. The van der Waals surface area contributed by atoms with Gasteiger partial charge in [-0.3, -0.25) is 9.59 Å². The van der Waals surface area contributed by atoms with Crippen LogP contribution >= 0.6 is 0 Å². The molecule has 0 saturated carbocycles. The summed E-state index contributed by atoms with van der Waals surface area (Å²) in [6, 6.07) is 8.64. The van der Waals surface area contributed by atoms with Crippen LogP contribution in [-0.4, -0.2) is 64.9 Å². The van der Waals surface area contributed by atoms with Crippen molar-refractivity contribution in [3.63, 3.8) is 0 Å². The molecule has 8 heteroatoms. The number of anilines is 1. The van der Waals surface area contributed by atoms with Gasteiger partial charge in [-0.25, -0.2) is 0 Å². The molecule has 0 radical (unpaired) electrons. The standard InChI is InChI=1S/C19H24N4O4/c24-15-7-9-20-16(15)18(26)23-10-4-8-19(12-23)11-14(22-27-19)17(25)21-13-5-2-1-3-6-13/h1-3,5-6,15-16,20,24H,4,7-12H2,(H,21,25)/t15-,16-,19?/m0/s1. The molecule has 3 atom stereocenters. The normalized spacial score (nSPS) is 30.1. The topological polar surface area (TPSA) is 103 Å². The molecule has 2 fully saturated rings. The van der Waals surface area contributed by atoms with Crippen molar-refractivity contribution in [1.82, 2.24) is 10.2 Å². The molecular weight excluding hydrogens is 348 g/mol. The molecule has 27 heavy (non-hydrogen) atoms. The third-order valence-corrected chi connectivity index (χ3v) is 5.44. The number of nitrogens with one attached hydrogen (secondary N) is 2. The van der Waals surface area contributed by atoms with Gasteiger partial charge < -0.3 is 25.5 Å². The monoisotopic (exact) mass is 372 g/mol. The molecular formula is C19H24N4O4. The van der Waals surface area contributed by atoms with Crippen LogP contribution in [0.5, 0.6) is 0 Å². The lowest BCUT2D eigenvalue weighted by Crippen LogP contribution is -2.56. The van der Waals surface area contributed by atoms with E-state index in [0.29, 0.717) is 43.9 Å². The lowest BCUT2D eigenvalue weighted by Gasteiger charge is -2.39. The molecule has 1 spiro atoms. The number of carbonyl (C=O) groups is 2. The quantitative estimate of drug-likeness (QED) is 0.716. The first kappa shape index (κ1) is 17.9. The summed E-state index contributed by atoms with van der Waals surface area (Å²) in [5, 5.41) is 19.9. The molecule has 2 amide bonds. The van der Waals surface area contributed by atoms with E-state index in [9.17, 15) is 14.7 Å². The van der Waals surface area contributed by atoms with Crippen LogP contribution < -0.4 is 10.6 Å². The van der Waals surface area contributed by atoms with E-state index < -0.39 is 17.7 Å². The zero-order chi connectivity index (χ0) is 18.9. The molecule has 3 heterocycles. The molecule has 3 aliphatic rings. The Morgan fingerprint density at radius 2 is 2.15 bits per heavy atom. The maximum atomic E-state index is 12.7. The third-order valence-electron chi connectivity index (χ3n) is 5.44. The van der Waals surface area contributed by atoms with Gasteiger partial charge in [0.05, 0.1) is 12.6 Å². The number of oxime groups is 1. The van der Waals surface area contributed by atoms with Crippen LogP contribution in [0.3, 0.4) is 0 Å². The summed E-state index contributed by atoms with van der Waals surface area (Å²) in [4.78, 5) is 32.6. The van der Waals surface area contributed by atoms with Crippen molar-refractivity contribution >= 4 is 23.2 Å². The summed E-state index contributed by atoms with van der Waals surface area (Å²) in [7, 11) is 0. The van der Waals surface area contributed by atoms with Crippen LogP contribution in [0.1, 0.15) is 25.7 Å². The summed E-state index contributed by atoms with van der Waals surface area (Å²) in [5.74, 6) is -0.390. The maximum absolute atomic E-state index is 12.7. The Bertz CT molecular complexity index is 753. The highest BCUT2D eigenvalue weighted by Gasteiger charge is 2.47. The van der Waals surface area contributed by atoms with Gasteiger partial charge in [0.1, 0.15) is 11.8 Å². The molecule has 0 aliphatic carbocycles. The highest BCUT2D eigenvalue weighted by Crippen LogP contribution is 2.34. The predicted octanol–water partition coefficient (Wildman–Crippen LogP) is 0.485. The number of hydrogen-bond acceptors (Lipinski definition) is 6. The van der Waals surface area contributed by atoms with Crippen molar-refractivity contribution in [3.05, 3.63) is 30.3 Å². The van der Waals surface area contributed by atoms with Gasteiger partial charge in [0.25, 0.3) is 5.91 Å². The fraction of sp³-hybridized carbons (Fsp3) is 0.526. The summed E-state index contributed by atoms with van der Waals surface area (Å²) in [5.41, 5.74) is 0.390. The van der Waals surface area contributed by atoms with Crippen molar-refractivity contribution in [1.29, 1.82) is 0 Å². The number of likely N-dealkylation sites (tertiary alicyclic amines) is 1. The van der Waals surface area contributed by atoms with Crippen LogP contribution in [0.15, 0.2) is 35.5 Å². The third kappa shape index (κ3) is 3.68. The number of amides is 2. The molecule has 0 bridgehead atoms. The molecule has 1 aromatic rings. The van der Waals surface area contributed by atoms with E-state index in [2.05, 4.69) is 15.8 Å². The van der Waals surface area contributed by atoms with E-state index in [0.717, 1.165) is 12.8 Å². The molecule has 4 rings (SSSR count). The summed E-state index contributed by atoms with van der Waals surface area (Å²) in [6.45, 7) is 1.64. The zero-order valence-electron chi connectivity index (χ0n) is 15.1. The number of para-hydroxylation sites is 1. The number of nitrogens with zero attached hydrogens (tertiary/aromatic N) is 2. The molecule has 144 valence electrons. The summed E-state index contributed by atoms with van der Waals surface area (Å²) < 4.78 is 0. The number of aliphatic hydroxyl groups is 1.